The molecule has 0 bridgehead atoms. The number of nitrogens with zero attached hydrogens (tertiary/aromatic N) is 2. The van der Waals surface area contributed by atoms with Crippen LogP contribution in [-0.4, -0.2) is 43.1 Å². The molecule has 1 heterocycles. The zero-order valence-corrected chi connectivity index (χ0v) is 10.8. The first-order chi connectivity index (χ1) is 9.15. The zero-order valence-electron chi connectivity index (χ0n) is 10.8. The second-order valence-corrected chi connectivity index (χ2v) is 4.52. The fourth-order valence-corrected chi connectivity index (χ4v) is 2.16. The summed E-state index contributed by atoms with van der Waals surface area (Å²) in [5, 5.41) is 0. The van der Waals surface area contributed by atoms with E-state index in [9.17, 15) is 14.4 Å². The van der Waals surface area contributed by atoms with Gasteiger partial charge in [-0.2, -0.15) is 0 Å². The second-order valence-electron chi connectivity index (χ2n) is 4.52. The van der Waals surface area contributed by atoms with Crippen LogP contribution in [0.3, 0.4) is 0 Å². The Kier molecular flexibility index (Phi) is 3.94. The van der Waals surface area contributed by atoms with Gasteiger partial charge in [-0.15, -0.1) is 0 Å². The van der Waals surface area contributed by atoms with Crippen molar-refractivity contribution in [2.45, 2.75) is 12.8 Å². The minimum atomic E-state index is -0.507. The third-order valence-corrected chi connectivity index (χ3v) is 3.25. The van der Waals surface area contributed by atoms with Crippen LogP contribution in [0.4, 0.5) is 5.69 Å². The number of para-hydroxylation sites is 1. The Morgan fingerprint density at radius 2 is 1.89 bits per heavy atom. The molecule has 19 heavy (non-hydrogen) atoms. The molecule has 2 rings (SSSR count). The van der Waals surface area contributed by atoms with E-state index in [-0.39, 0.29) is 0 Å². The van der Waals surface area contributed by atoms with Gasteiger partial charge in [-0.3, -0.25) is 9.59 Å². The van der Waals surface area contributed by atoms with Gasteiger partial charge in [0.15, 0.2) is 0 Å². The molecule has 0 spiro atoms. The highest BCUT2D eigenvalue weighted by atomic mass is 16.2. The molecule has 0 radical (unpaired) electrons. The Labute approximate surface area is 111 Å². The average molecular weight is 260 g/mol. The van der Waals surface area contributed by atoms with Crippen LogP contribution in [0.2, 0.25) is 0 Å². The number of likely N-dealkylation sites (N-methyl/N-ethyl adjacent to an activating group) is 1. The minimum absolute atomic E-state index is 0.410. The summed E-state index contributed by atoms with van der Waals surface area (Å²) in [4.78, 5) is 37.1. The summed E-state index contributed by atoms with van der Waals surface area (Å²) < 4.78 is 0. The van der Waals surface area contributed by atoms with Gasteiger partial charge < -0.3 is 14.6 Å². The Morgan fingerprint density at radius 3 is 2.63 bits per heavy atom. The normalized spacial score (nSPS) is 15.8. The number of piperazine rings is 1. The van der Waals surface area contributed by atoms with Crippen LogP contribution in [-0.2, 0) is 20.8 Å². The topological polar surface area (TPSA) is 57.7 Å². The molecule has 1 aromatic carbocycles. The summed E-state index contributed by atoms with van der Waals surface area (Å²) in [6, 6.07) is 7.40. The lowest BCUT2D eigenvalue weighted by Crippen LogP contribution is -2.53. The van der Waals surface area contributed by atoms with E-state index in [1.807, 2.05) is 24.3 Å². The Morgan fingerprint density at radius 1 is 1.16 bits per heavy atom. The van der Waals surface area contributed by atoms with Crippen LogP contribution in [0.15, 0.2) is 24.3 Å². The number of hydrogen-bond donors (Lipinski definition) is 0. The predicted molar refractivity (Wildman–Crippen MR) is 70.8 cm³/mol. The van der Waals surface area contributed by atoms with Crippen molar-refractivity contribution in [3.05, 3.63) is 29.8 Å². The van der Waals surface area contributed by atoms with Crippen molar-refractivity contribution in [1.29, 1.82) is 0 Å². The number of anilines is 1. The number of carbonyl (C=O) groups is 3. The van der Waals surface area contributed by atoms with Gasteiger partial charge in [-0.05, 0) is 18.1 Å². The van der Waals surface area contributed by atoms with Crippen LogP contribution < -0.4 is 4.90 Å². The van der Waals surface area contributed by atoms with E-state index in [0.29, 0.717) is 25.9 Å². The van der Waals surface area contributed by atoms with Gasteiger partial charge >= 0.3 is 11.8 Å². The molecule has 1 aliphatic heterocycles. The predicted octanol–water partition coefficient (Wildman–Crippen LogP) is 0.623. The molecular formula is C14H16N2O3. The minimum Gasteiger partial charge on any atom is -0.336 e. The fraction of sp³-hybridized carbons (Fsp3) is 0.357. The van der Waals surface area contributed by atoms with Crippen molar-refractivity contribution in [1.82, 2.24) is 4.90 Å². The highest BCUT2D eigenvalue weighted by molar-refractivity contribution is 6.41. The molecule has 1 aromatic rings. The molecule has 0 N–H and O–H groups in total. The summed E-state index contributed by atoms with van der Waals surface area (Å²) in [6.07, 6.45) is 1.84. The number of rotatable bonds is 4. The first-order valence-corrected chi connectivity index (χ1v) is 6.23. The number of amides is 2. The summed E-state index contributed by atoms with van der Waals surface area (Å²) in [5.74, 6) is -0.997. The molecule has 5 nitrogen and oxygen atoms in total. The molecule has 2 amide bonds. The average Bonchev–Trinajstić information content (AvgIpc) is 2.43. The van der Waals surface area contributed by atoms with E-state index in [1.54, 1.807) is 7.05 Å². The third-order valence-electron chi connectivity index (χ3n) is 3.25. The van der Waals surface area contributed by atoms with Crippen LogP contribution in [0.1, 0.15) is 12.0 Å². The van der Waals surface area contributed by atoms with E-state index in [4.69, 9.17) is 0 Å². The number of hydrogen-bond acceptors (Lipinski definition) is 3. The van der Waals surface area contributed by atoms with Crippen molar-refractivity contribution in [2.24, 2.45) is 0 Å². The standard InChI is InChI=1S/C14H16N2O3/c1-15-8-9-16(14(19)13(15)18)12-7-3-2-5-11(12)6-4-10-17/h2-3,5,7,10H,4,6,8-9H2,1H3. The van der Waals surface area contributed by atoms with Gasteiger partial charge in [-0.25, -0.2) is 0 Å². The van der Waals surface area contributed by atoms with E-state index >= 15 is 0 Å². The monoisotopic (exact) mass is 260 g/mol. The lowest BCUT2D eigenvalue weighted by Gasteiger charge is -2.32. The lowest BCUT2D eigenvalue weighted by molar-refractivity contribution is -0.145. The molecule has 0 atom stereocenters. The molecule has 0 saturated carbocycles. The number of aldehydes is 1. The van der Waals surface area contributed by atoms with E-state index in [2.05, 4.69) is 0 Å². The van der Waals surface area contributed by atoms with Crippen LogP contribution in [0, 0.1) is 0 Å². The summed E-state index contributed by atoms with van der Waals surface area (Å²) in [6.45, 7) is 1.01. The second kappa shape index (κ2) is 5.65. The molecular weight excluding hydrogens is 244 g/mol. The largest absolute Gasteiger partial charge is 0.336 e. The summed E-state index contributed by atoms with van der Waals surface area (Å²) in [7, 11) is 1.62. The first kappa shape index (κ1) is 13.3. The van der Waals surface area contributed by atoms with Gasteiger partial charge in [0.1, 0.15) is 6.29 Å². The smallest absolute Gasteiger partial charge is 0.316 e. The molecule has 1 aliphatic rings. The highest BCUT2D eigenvalue weighted by Gasteiger charge is 2.31. The van der Waals surface area contributed by atoms with E-state index < -0.39 is 11.8 Å². The Hall–Kier alpha value is -2.17. The maximum absolute atomic E-state index is 12.0. The lowest BCUT2D eigenvalue weighted by atomic mass is 10.1. The molecule has 0 aliphatic carbocycles. The van der Waals surface area contributed by atoms with Gasteiger partial charge in [0.25, 0.3) is 0 Å². The molecule has 1 saturated heterocycles. The van der Waals surface area contributed by atoms with Crippen molar-refractivity contribution in [2.75, 3.05) is 25.0 Å². The van der Waals surface area contributed by atoms with Gasteiger partial charge in [0.2, 0.25) is 0 Å². The maximum Gasteiger partial charge on any atom is 0.316 e. The van der Waals surface area contributed by atoms with Crippen LogP contribution >= 0.6 is 0 Å². The van der Waals surface area contributed by atoms with Gasteiger partial charge in [0, 0.05) is 32.2 Å². The van der Waals surface area contributed by atoms with Crippen LogP contribution in [0.5, 0.6) is 0 Å². The van der Waals surface area contributed by atoms with Gasteiger partial charge in [0.05, 0.1) is 0 Å². The molecule has 1 fully saturated rings. The highest BCUT2D eigenvalue weighted by Crippen LogP contribution is 2.23. The summed E-state index contributed by atoms with van der Waals surface area (Å²) >= 11 is 0. The molecule has 0 aromatic heterocycles. The Balaban J connectivity index is 2.28. The number of benzene rings is 1. The van der Waals surface area contributed by atoms with Crippen molar-refractivity contribution < 1.29 is 14.4 Å². The summed E-state index contributed by atoms with van der Waals surface area (Å²) in [5.41, 5.74) is 1.65. The fourth-order valence-electron chi connectivity index (χ4n) is 2.16. The maximum atomic E-state index is 12.0. The zero-order chi connectivity index (χ0) is 13.8. The van der Waals surface area contributed by atoms with Gasteiger partial charge in [-0.1, -0.05) is 18.2 Å². The SMILES string of the molecule is CN1CCN(c2ccccc2CCC=O)C(=O)C1=O. The molecule has 100 valence electrons. The van der Waals surface area contributed by atoms with E-state index in [0.717, 1.165) is 17.5 Å². The molecule has 5 heteroatoms. The van der Waals surface area contributed by atoms with Crippen molar-refractivity contribution in [3.8, 4) is 0 Å². The first-order valence-electron chi connectivity index (χ1n) is 6.23. The third kappa shape index (κ3) is 2.65. The Bertz CT molecular complexity index is 513. The van der Waals surface area contributed by atoms with E-state index in [1.165, 1.54) is 9.80 Å². The van der Waals surface area contributed by atoms with Crippen LogP contribution in [0.25, 0.3) is 0 Å². The quantitative estimate of drug-likeness (QED) is 0.589. The van der Waals surface area contributed by atoms with Crippen molar-refractivity contribution in [3.63, 3.8) is 0 Å². The number of aryl methyl sites for hydroxylation is 1. The number of carbonyl (C=O) groups excluding carboxylic acids is 3. The van der Waals surface area contributed by atoms with Crippen molar-refractivity contribution >= 4 is 23.8 Å². The molecule has 0 unspecified atom stereocenters.